The maximum absolute atomic E-state index is 4.41. The van der Waals surface area contributed by atoms with E-state index in [9.17, 15) is 0 Å². The highest BCUT2D eigenvalue weighted by molar-refractivity contribution is 5.68. The van der Waals surface area contributed by atoms with Crippen LogP contribution in [-0.2, 0) is 6.42 Å². The average Bonchev–Trinajstić information content (AvgIpc) is 2.55. The lowest BCUT2D eigenvalue weighted by molar-refractivity contribution is 0.634. The van der Waals surface area contributed by atoms with Crippen molar-refractivity contribution in [2.45, 2.75) is 20.3 Å². The second-order valence-corrected chi connectivity index (χ2v) is 5.94. The summed E-state index contributed by atoms with van der Waals surface area (Å²) >= 11 is 0. The van der Waals surface area contributed by atoms with Crippen molar-refractivity contribution in [3.63, 3.8) is 0 Å². The van der Waals surface area contributed by atoms with Crippen LogP contribution in [0.3, 0.4) is 0 Å². The standard InChI is InChI=1S/C20H20N2/c1-15(2)12-19-13-20(22-14-21-19)18-10-8-17(9-11-18)16-6-4-3-5-7-16/h3-11,13-15H,12H2,1-2H3. The van der Waals surface area contributed by atoms with Crippen molar-refractivity contribution in [2.24, 2.45) is 5.92 Å². The minimum Gasteiger partial charge on any atom is -0.241 e. The Hall–Kier alpha value is -2.48. The van der Waals surface area contributed by atoms with Crippen LogP contribution in [0.4, 0.5) is 0 Å². The van der Waals surface area contributed by atoms with Crippen LogP contribution < -0.4 is 0 Å². The molecule has 0 aliphatic carbocycles. The van der Waals surface area contributed by atoms with Gasteiger partial charge in [0.2, 0.25) is 0 Å². The highest BCUT2D eigenvalue weighted by atomic mass is 14.8. The van der Waals surface area contributed by atoms with E-state index in [4.69, 9.17) is 0 Å². The molecule has 1 heterocycles. The third kappa shape index (κ3) is 3.40. The van der Waals surface area contributed by atoms with Gasteiger partial charge in [0.05, 0.1) is 5.69 Å². The molecule has 3 rings (SSSR count). The van der Waals surface area contributed by atoms with Crippen molar-refractivity contribution in [1.82, 2.24) is 9.97 Å². The van der Waals surface area contributed by atoms with Crippen LogP contribution in [0.15, 0.2) is 67.0 Å². The Kier molecular flexibility index (Phi) is 4.29. The van der Waals surface area contributed by atoms with E-state index in [0.29, 0.717) is 5.92 Å². The largest absolute Gasteiger partial charge is 0.241 e. The molecule has 0 saturated carbocycles. The number of hydrogen-bond donors (Lipinski definition) is 0. The molecule has 22 heavy (non-hydrogen) atoms. The highest BCUT2D eigenvalue weighted by Gasteiger charge is 2.05. The summed E-state index contributed by atoms with van der Waals surface area (Å²) in [6.45, 7) is 4.41. The quantitative estimate of drug-likeness (QED) is 0.674. The van der Waals surface area contributed by atoms with Gasteiger partial charge >= 0.3 is 0 Å². The molecule has 0 N–H and O–H groups in total. The summed E-state index contributed by atoms with van der Waals surface area (Å²) in [5, 5.41) is 0. The lowest BCUT2D eigenvalue weighted by Crippen LogP contribution is -1.98. The van der Waals surface area contributed by atoms with E-state index in [2.05, 4.69) is 78.4 Å². The zero-order valence-corrected chi connectivity index (χ0v) is 13.0. The van der Waals surface area contributed by atoms with Gasteiger partial charge in [-0.25, -0.2) is 9.97 Å². The van der Waals surface area contributed by atoms with Crippen molar-refractivity contribution < 1.29 is 0 Å². The molecule has 0 saturated heterocycles. The van der Waals surface area contributed by atoms with E-state index in [1.54, 1.807) is 6.33 Å². The molecule has 0 atom stereocenters. The van der Waals surface area contributed by atoms with Crippen molar-refractivity contribution in [3.8, 4) is 22.4 Å². The molecule has 0 aliphatic rings. The molecule has 0 aliphatic heterocycles. The van der Waals surface area contributed by atoms with Crippen LogP contribution in [0, 0.1) is 5.92 Å². The highest BCUT2D eigenvalue weighted by Crippen LogP contribution is 2.24. The molecule has 2 heteroatoms. The molecule has 0 fully saturated rings. The van der Waals surface area contributed by atoms with Crippen molar-refractivity contribution >= 4 is 0 Å². The smallest absolute Gasteiger partial charge is 0.116 e. The summed E-state index contributed by atoms with van der Waals surface area (Å²) in [4.78, 5) is 8.77. The fourth-order valence-electron chi connectivity index (χ4n) is 2.55. The molecule has 110 valence electrons. The van der Waals surface area contributed by atoms with Crippen molar-refractivity contribution in [1.29, 1.82) is 0 Å². The first-order chi connectivity index (χ1) is 10.7. The van der Waals surface area contributed by atoms with Gasteiger partial charge in [-0.15, -0.1) is 0 Å². The van der Waals surface area contributed by atoms with E-state index < -0.39 is 0 Å². The lowest BCUT2D eigenvalue weighted by Gasteiger charge is -2.07. The molecule has 0 bridgehead atoms. The van der Waals surface area contributed by atoms with Gasteiger partial charge in [-0.05, 0) is 29.5 Å². The summed E-state index contributed by atoms with van der Waals surface area (Å²) in [6, 6.07) is 21.1. The summed E-state index contributed by atoms with van der Waals surface area (Å²) in [7, 11) is 0. The Morgan fingerprint density at radius 2 is 1.41 bits per heavy atom. The summed E-state index contributed by atoms with van der Waals surface area (Å²) in [5.41, 5.74) is 5.68. The van der Waals surface area contributed by atoms with Gasteiger partial charge in [-0.1, -0.05) is 68.4 Å². The maximum Gasteiger partial charge on any atom is 0.116 e. The first-order valence-electron chi connectivity index (χ1n) is 7.69. The van der Waals surface area contributed by atoms with E-state index in [0.717, 1.165) is 23.4 Å². The van der Waals surface area contributed by atoms with Crippen LogP contribution in [0.5, 0.6) is 0 Å². The molecular formula is C20H20N2. The minimum atomic E-state index is 0.600. The van der Waals surface area contributed by atoms with Gasteiger partial charge in [0.15, 0.2) is 0 Å². The van der Waals surface area contributed by atoms with Gasteiger partial charge in [-0.2, -0.15) is 0 Å². The van der Waals surface area contributed by atoms with Crippen molar-refractivity contribution in [2.75, 3.05) is 0 Å². The normalized spacial score (nSPS) is 10.9. The molecule has 0 radical (unpaired) electrons. The predicted molar refractivity (Wildman–Crippen MR) is 91.4 cm³/mol. The monoisotopic (exact) mass is 288 g/mol. The first kappa shape index (κ1) is 14.5. The molecule has 0 spiro atoms. The Morgan fingerprint density at radius 1 is 0.773 bits per heavy atom. The van der Waals surface area contributed by atoms with E-state index >= 15 is 0 Å². The van der Waals surface area contributed by atoms with Crippen LogP contribution >= 0.6 is 0 Å². The summed E-state index contributed by atoms with van der Waals surface area (Å²) in [5.74, 6) is 0.600. The number of nitrogens with zero attached hydrogens (tertiary/aromatic N) is 2. The molecule has 1 aromatic heterocycles. The molecular weight excluding hydrogens is 268 g/mol. The summed E-state index contributed by atoms with van der Waals surface area (Å²) in [6.07, 6.45) is 2.65. The summed E-state index contributed by atoms with van der Waals surface area (Å²) < 4.78 is 0. The van der Waals surface area contributed by atoms with Crippen molar-refractivity contribution in [3.05, 3.63) is 72.7 Å². The van der Waals surface area contributed by atoms with Crippen LogP contribution in [0.1, 0.15) is 19.5 Å². The van der Waals surface area contributed by atoms with Crippen LogP contribution in [0.2, 0.25) is 0 Å². The fraction of sp³-hybridized carbons (Fsp3) is 0.200. The lowest BCUT2D eigenvalue weighted by atomic mass is 10.0. The van der Waals surface area contributed by atoms with E-state index in [1.807, 2.05) is 6.07 Å². The average molecular weight is 288 g/mol. The SMILES string of the molecule is CC(C)Cc1cc(-c2ccc(-c3ccccc3)cc2)ncn1. The van der Waals surface area contributed by atoms with Gasteiger partial charge in [0.1, 0.15) is 6.33 Å². The molecule has 2 aromatic carbocycles. The van der Waals surface area contributed by atoms with Crippen LogP contribution in [-0.4, -0.2) is 9.97 Å². The van der Waals surface area contributed by atoms with Gasteiger partial charge in [0, 0.05) is 11.3 Å². The van der Waals surface area contributed by atoms with E-state index in [-0.39, 0.29) is 0 Å². The fourth-order valence-corrected chi connectivity index (χ4v) is 2.55. The Bertz CT molecular complexity index is 731. The van der Waals surface area contributed by atoms with Gasteiger partial charge < -0.3 is 0 Å². The zero-order valence-electron chi connectivity index (χ0n) is 13.0. The number of hydrogen-bond acceptors (Lipinski definition) is 2. The second-order valence-electron chi connectivity index (χ2n) is 5.94. The van der Waals surface area contributed by atoms with E-state index in [1.165, 1.54) is 11.1 Å². The third-order valence-corrected chi connectivity index (χ3v) is 3.63. The topological polar surface area (TPSA) is 25.8 Å². The first-order valence-corrected chi connectivity index (χ1v) is 7.69. The molecule has 0 unspecified atom stereocenters. The zero-order chi connectivity index (χ0) is 15.4. The Morgan fingerprint density at radius 3 is 2.09 bits per heavy atom. The molecule has 3 aromatic rings. The van der Waals surface area contributed by atoms with Gasteiger partial charge in [-0.3, -0.25) is 0 Å². The Balaban J connectivity index is 1.87. The number of benzene rings is 2. The predicted octanol–water partition coefficient (Wildman–Crippen LogP) is 5.01. The second kappa shape index (κ2) is 6.52. The molecule has 2 nitrogen and oxygen atoms in total. The van der Waals surface area contributed by atoms with Crippen LogP contribution in [0.25, 0.3) is 22.4 Å². The van der Waals surface area contributed by atoms with Gasteiger partial charge in [0.25, 0.3) is 0 Å². The number of rotatable bonds is 4. The maximum atomic E-state index is 4.41. The Labute approximate surface area is 131 Å². The minimum absolute atomic E-state index is 0.600. The molecule has 0 amide bonds. The third-order valence-electron chi connectivity index (χ3n) is 3.63. The number of aromatic nitrogens is 2.